The molecule has 0 saturated heterocycles. The highest BCUT2D eigenvalue weighted by atomic mass is 35.5. The van der Waals surface area contributed by atoms with Gasteiger partial charge in [0.05, 0.1) is 10.6 Å². The average molecular weight is 376 g/mol. The van der Waals surface area contributed by atoms with Gasteiger partial charge in [-0.15, -0.1) is 0 Å². The molecule has 0 aliphatic carbocycles. The first-order valence-electron chi connectivity index (χ1n) is 6.17. The van der Waals surface area contributed by atoms with Gasteiger partial charge in [-0.05, 0) is 23.8 Å². The Morgan fingerprint density at radius 2 is 1.87 bits per heavy atom. The minimum Gasteiger partial charge on any atom is -0.380 e. The summed E-state index contributed by atoms with van der Waals surface area (Å²) in [6.45, 7) is 0.191. The lowest BCUT2D eigenvalue weighted by atomic mass is 10.2. The van der Waals surface area contributed by atoms with E-state index in [2.05, 4.69) is 5.32 Å². The van der Waals surface area contributed by atoms with E-state index < -0.39 is 14.9 Å². The second-order valence-corrected chi connectivity index (χ2v) is 6.95. The summed E-state index contributed by atoms with van der Waals surface area (Å²) in [6, 6.07) is 8.24. The van der Waals surface area contributed by atoms with Crippen molar-refractivity contribution in [2.75, 3.05) is 5.32 Å². The molecule has 0 amide bonds. The Morgan fingerprint density at radius 3 is 2.43 bits per heavy atom. The van der Waals surface area contributed by atoms with Crippen LogP contribution in [0.3, 0.4) is 0 Å². The number of sulfonamides is 1. The number of non-ortho nitro benzene ring substituents is 1. The van der Waals surface area contributed by atoms with Crippen LogP contribution in [0.25, 0.3) is 0 Å². The molecule has 2 aromatic rings. The second kappa shape index (κ2) is 6.71. The highest BCUT2D eigenvalue weighted by molar-refractivity contribution is 7.89. The number of benzene rings is 2. The highest BCUT2D eigenvalue weighted by Crippen LogP contribution is 2.27. The Morgan fingerprint density at radius 1 is 1.17 bits per heavy atom. The predicted molar refractivity (Wildman–Crippen MR) is 88.3 cm³/mol. The first kappa shape index (κ1) is 17.5. The molecule has 0 aliphatic rings. The van der Waals surface area contributed by atoms with Gasteiger partial charge in [0, 0.05) is 28.7 Å². The van der Waals surface area contributed by atoms with Crippen LogP contribution in [0.4, 0.5) is 11.4 Å². The minimum atomic E-state index is -4.13. The minimum absolute atomic E-state index is 0.143. The Labute approximate surface area is 142 Å². The molecule has 0 aromatic heterocycles. The third-order valence-corrected chi connectivity index (χ3v) is 4.50. The summed E-state index contributed by atoms with van der Waals surface area (Å²) in [5.74, 6) is 0. The van der Waals surface area contributed by atoms with Crippen LogP contribution in [0.2, 0.25) is 10.0 Å². The molecule has 0 spiro atoms. The van der Waals surface area contributed by atoms with Crippen molar-refractivity contribution in [3.05, 3.63) is 62.1 Å². The third kappa shape index (κ3) is 4.32. The van der Waals surface area contributed by atoms with E-state index >= 15 is 0 Å². The third-order valence-electron chi connectivity index (χ3n) is 2.97. The Balaban J connectivity index is 2.34. The topological polar surface area (TPSA) is 115 Å². The SMILES string of the molecule is NS(=O)(=O)c1cc([N+](=O)[O-])ccc1NCc1ccc(Cl)cc1Cl. The first-order chi connectivity index (χ1) is 10.7. The van der Waals surface area contributed by atoms with Gasteiger partial charge in [-0.25, -0.2) is 13.6 Å². The van der Waals surface area contributed by atoms with Crippen molar-refractivity contribution in [3.63, 3.8) is 0 Å². The van der Waals surface area contributed by atoms with Crippen molar-refractivity contribution in [2.45, 2.75) is 11.4 Å². The van der Waals surface area contributed by atoms with Crippen LogP contribution in [0.15, 0.2) is 41.3 Å². The Kier molecular flexibility index (Phi) is 5.10. The molecule has 0 saturated carbocycles. The zero-order valence-electron chi connectivity index (χ0n) is 11.5. The first-order valence-corrected chi connectivity index (χ1v) is 8.48. The molecular weight excluding hydrogens is 365 g/mol. The van der Waals surface area contributed by atoms with Crippen molar-refractivity contribution in [3.8, 4) is 0 Å². The number of nitrogens with one attached hydrogen (secondary N) is 1. The molecule has 0 aliphatic heterocycles. The summed E-state index contributed by atoms with van der Waals surface area (Å²) in [7, 11) is -4.13. The van der Waals surface area contributed by atoms with Crippen molar-refractivity contribution < 1.29 is 13.3 Å². The fourth-order valence-corrected chi connectivity index (χ4v) is 3.07. The monoisotopic (exact) mass is 375 g/mol. The molecule has 0 heterocycles. The molecule has 0 bridgehead atoms. The number of nitro groups is 1. The number of hydrogen-bond donors (Lipinski definition) is 2. The van der Waals surface area contributed by atoms with Crippen molar-refractivity contribution >= 4 is 44.6 Å². The molecule has 0 unspecified atom stereocenters. The van der Waals surface area contributed by atoms with E-state index in [0.29, 0.717) is 15.6 Å². The molecule has 3 N–H and O–H groups in total. The molecule has 0 fully saturated rings. The molecule has 2 aromatic carbocycles. The number of primary sulfonamides is 1. The number of rotatable bonds is 5. The maximum absolute atomic E-state index is 11.6. The van der Waals surface area contributed by atoms with Crippen LogP contribution in [-0.2, 0) is 16.6 Å². The van der Waals surface area contributed by atoms with Gasteiger partial charge in [-0.3, -0.25) is 10.1 Å². The number of halogens is 2. The van der Waals surface area contributed by atoms with E-state index in [9.17, 15) is 18.5 Å². The van der Waals surface area contributed by atoms with E-state index in [1.54, 1.807) is 18.2 Å². The summed E-state index contributed by atoms with van der Waals surface area (Å²) in [5, 5.41) is 19.6. The largest absolute Gasteiger partial charge is 0.380 e. The van der Waals surface area contributed by atoms with Crippen LogP contribution in [0.5, 0.6) is 0 Å². The normalized spacial score (nSPS) is 11.3. The smallest absolute Gasteiger partial charge is 0.270 e. The molecule has 2 rings (SSSR count). The van der Waals surface area contributed by atoms with E-state index in [0.717, 1.165) is 6.07 Å². The lowest BCUT2D eigenvalue weighted by molar-refractivity contribution is -0.385. The molecule has 0 radical (unpaired) electrons. The number of nitro benzene ring substituents is 1. The Hall–Kier alpha value is -1.87. The van der Waals surface area contributed by atoms with E-state index in [1.165, 1.54) is 12.1 Å². The van der Waals surface area contributed by atoms with Gasteiger partial charge in [0.25, 0.3) is 5.69 Å². The fourth-order valence-electron chi connectivity index (χ4n) is 1.86. The quantitative estimate of drug-likeness (QED) is 0.614. The highest BCUT2D eigenvalue weighted by Gasteiger charge is 2.19. The van der Waals surface area contributed by atoms with E-state index in [4.69, 9.17) is 28.3 Å². The molecule has 122 valence electrons. The van der Waals surface area contributed by atoms with E-state index in [-0.39, 0.29) is 22.8 Å². The van der Waals surface area contributed by atoms with Crippen molar-refractivity contribution in [1.82, 2.24) is 0 Å². The summed E-state index contributed by atoms with van der Waals surface area (Å²) >= 11 is 11.8. The Bertz CT molecular complexity index is 872. The van der Waals surface area contributed by atoms with Crippen molar-refractivity contribution in [2.24, 2.45) is 5.14 Å². The number of hydrogen-bond acceptors (Lipinski definition) is 5. The maximum atomic E-state index is 11.6. The van der Waals surface area contributed by atoms with Gasteiger partial charge in [0.1, 0.15) is 4.90 Å². The summed E-state index contributed by atoms with van der Waals surface area (Å²) in [5.41, 5.74) is 0.447. The van der Waals surface area contributed by atoms with Gasteiger partial charge < -0.3 is 5.32 Å². The zero-order chi connectivity index (χ0) is 17.2. The van der Waals surface area contributed by atoms with Gasteiger partial charge in [-0.2, -0.15) is 0 Å². The lowest BCUT2D eigenvalue weighted by Gasteiger charge is -2.11. The molecule has 10 heteroatoms. The van der Waals surface area contributed by atoms with Gasteiger partial charge in [-0.1, -0.05) is 29.3 Å². The second-order valence-electron chi connectivity index (χ2n) is 4.57. The summed E-state index contributed by atoms with van der Waals surface area (Å²) < 4.78 is 23.2. The summed E-state index contributed by atoms with van der Waals surface area (Å²) in [4.78, 5) is 9.70. The number of anilines is 1. The summed E-state index contributed by atoms with van der Waals surface area (Å²) in [6.07, 6.45) is 0. The maximum Gasteiger partial charge on any atom is 0.270 e. The van der Waals surface area contributed by atoms with Crippen LogP contribution >= 0.6 is 23.2 Å². The van der Waals surface area contributed by atoms with Gasteiger partial charge >= 0.3 is 0 Å². The molecule has 7 nitrogen and oxygen atoms in total. The standard InChI is InChI=1S/C13H11Cl2N3O4S/c14-9-2-1-8(11(15)5-9)7-17-12-4-3-10(18(19)20)6-13(12)23(16,21)22/h1-6,17H,7H2,(H2,16,21,22). The van der Waals surface area contributed by atoms with Crippen LogP contribution in [0.1, 0.15) is 5.56 Å². The number of nitrogens with two attached hydrogens (primary N) is 1. The molecular formula is C13H11Cl2N3O4S. The average Bonchev–Trinajstić information content (AvgIpc) is 2.45. The van der Waals surface area contributed by atoms with Gasteiger partial charge in [0.15, 0.2) is 0 Å². The van der Waals surface area contributed by atoms with E-state index in [1.807, 2.05) is 0 Å². The van der Waals surface area contributed by atoms with Crippen LogP contribution < -0.4 is 10.5 Å². The molecule has 0 atom stereocenters. The molecule has 23 heavy (non-hydrogen) atoms. The van der Waals surface area contributed by atoms with Crippen molar-refractivity contribution in [1.29, 1.82) is 0 Å². The number of nitrogens with zero attached hydrogens (tertiary/aromatic N) is 1. The van der Waals surface area contributed by atoms with Crippen LogP contribution in [0, 0.1) is 10.1 Å². The lowest BCUT2D eigenvalue weighted by Crippen LogP contribution is -2.15. The predicted octanol–water partition coefficient (Wildman–Crippen LogP) is 3.16. The van der Waals surface area contributed by atoms with Crippen LogP contribution in [-0.4, -0.2) is 13.3 Å². The zero-order valence-corrected chi connectivity index (χ0v) is 13.8. The van der Waals surface area contributed by atoms with Gasteiger partial charge in [0.2, 0.25) is 10.0 Å². The fraction of sp³-hybridized carbons (Fsp3) is 0.0769.